The summed E-state index contributed by atoms with van der Waals surface area (Å²) in [5, 5.41) is 29.4. The number of carbonyl (C=O) groups excluding carboxylic acids is 1. The van der Waals surface area contributed by atoms with E-state index in [-0.39, 0.29) is 24.8 Å². The summed E-state index contributed by atoms with van der Waals surface area (Å²) in [5.41, 5.74) is -1.03. The van der Waals surface area contributed by atoms with Gasteiger partial charge in [-0.2, -0.15) is 18.4 Å². The quantitative estimate of drug-likeness (QED) is 0.655. The van der Waals surface area contributed by atoms with Crippen molar-refractivity contribution in [3.05, 3.63) is 35.4 Å². The lowest BCUT2D eigenvalue weighted by atomic mass is 10.0. The standard InChI is InChI=1S/C15H15F3N2O4/c16-15(17,18)10-6-4-9(5-7-10)12(21)13(22)20-11(14(23)24)3-1-2-8-19/h4-7,11-12,21H,1-3H2,(H,20,22)(H,23,24)/t11-,12-/m1/s1. The van der Waals surface area contributed by atoms with Gasteiger partial charge in [-0.1, -0.05) is 12.1 Å². The van der Waals surface area contributed by atoms with Gasteiger partial charge in [0.1, 0.15) is 6.04 Å². The third-order valence-electron chi connectivity index (χ3n) is 3.20. The molecule has 0 spiro atoms. The minimum Gasteiger partial charge on any atom is -0.480 e. The molecule has 0 saturated heterocycles. The molecule has 0 aliphatic heterocycles. The number of aliphatic carboxylic acids is 1. The predicted molar refractivity (Wildman–Crippen MR) is 75.4 cm³/mol. The largest absolute Gasteiger partial charge is 0.480 e. The maximum atomic E-state index is 12.5. The number of nitriles is 1. The van der Waals surface area contributed by atoms with E-state index >= 15 is 0 Å². The van der Waals surface area contributed by atoms with Gasteiger partial charge in [0.15, 0.2) is 6.10 Å². The molecule has 0 saturated carbocycles. The number of aliphatic hydroxyl groups is 1. The highest BCUT2D eigenvalue weighted by Crippen LogP contribution is 2.29. The first-order chi connectivity index (χ1) is 11.2. The number of hydrogen-bond donors (Lipinski definition) is 3. The van der Waals surface area contributed by atoms with Crippen LogP contribution in [0.2, 0.25) is 0 Å². The Labute approximate surface area is 135 Å². The number of halogens is 3. The maximum absolute atomic E-state index is 12.5. The molecule has 1 amide bonds. The van der Waals surface area contributed by atoms with Crippen molar-refractivity contribution in [3.63, 3.8) is 0 Å². The number of nitrogens with one attached hydrogen (secondary N) is 1. The van der Waals surface area contributed by atoms with Crippen LogP contribution in [0.3, 0.4) is 0 Å². The minimum absolute atomic E-state index is 0.00559. The third kappa shape index (κ3) is 5.55. The molecule has 6 nitrogen and oxygen atoms in total. The molecule has 0 aliphatic carbocycles. The highest BCUT2D eigenvalue weighted by molar-refractivity contribution is 5.86. The number of rotatable bonds is 7. The molecule has 0 bridgehead atoms. The van der Waals surface area contributed by atoms with Crippen molar-refractivity contribution in [3.8, 4) is 6.07 Å². The Morgan fingerprint density at radius 1 is 1.25 bits per heavy atom. The summed E-state index contributed by atoms with van der Waals surface area (Å²) in [4.78, 5) is 22.9. The zero-order chi connectivity index (χ0) is 18.3. The van der Waals surface area contributed by atoms with E-state index in [1.807, 2.05) is 6.07 Å². The van der Waals surface area contributed by atoms with Gasteiger partial charge in [-0.05, 0) is 30.5 Å². The lowest BCUT2D eigenvalue weighted by Gasteiger charge is -2.17. The van der Waals surface area contributed by atoms with Gasteiger partial charge in [0.25, 0.3) is 5.91 Å². The zero-order valence-corrected chi connectivity index (χ0v) is 12.4. The van der Waals surface area contributed by atoms with Crippen molar-refractivity contribution in [2.45, 2.75) is 37.6 Å². The second-order valence-electron chi connectivity index (χ2n) is 4.97. The molecule has 9 heteroatoms. The number of carboxylic acid groups (broad SMARTS) is 1. The Hall–Kier alpha value is -2.60. The smallest absolute Gasteiger partial charge is 0.416 e. The van der Waals surface area contributed by atoms with Crippen LogP contribution in [0.1, 0.15) is 36.5 Å². The summed E-state index contributed by atoms with van der Waals surface area (Å²) in [7, 11) is 0. The molecule has 0 heterocycles. The van der Waals surface area contributed by atoms with E-state index in [1.165, 1.54) is 0 Å². The zero-order valence-electron chi connectivity index (χ0n) is 12.4. The lowest BCUT2D eigenvalue weighted by Crippen LogP contribution is -2.43. The lowest BCUT2D eigenvalue weighted by molar-refractivity contribution is -0.143. The van der Waals surface area contributed by atoms with E-state index < -0.39 is 35.8 Å². The second-order valence-corrected chi connectivity index (χ2v) is 4.97. The van der Waals surface area contributed by atoms with Crippen molar-refractivity contribution >= 4 is 11.9 Å². The molecule has 0 unspecified atom stereocenters. The highest BCUT2D eigenvalue weighted by Gasteiger charge is 2.31. The number of carboxylic acids is 1. The van der Waals surface area contributed by atoms with Crippen molar-refractivity contribution in [1.29, 1.82) is 5.26 Å². The van der Waals surface area contributed by atoms with Gasteiger partial charge >= 0.3 is 12.1 Å². The number of carbonyl (C=O) groups is 2. The van der Waals surface area contributed by atoms with Gasteiger partial charge in [-0.3, -0.25) is 4.79 Å². The molecule has 0 aliphatic rings. The van der Waals surface area contributed by atoms with Crippen LogP contribution in [0.4, 0.5) is 13.2 Å². The molecule has 0 aromatic heterocycles. The molecular formula is C15H15F3N2O4. The van der Waals surface area contributed by atoms with Crippen molar-refractivity contribution in [1.82, 2.24) is 5.32 Å². The Balaban J connectivity index is 2.75. The Morgan fingerprint density at radius 2 is 1.83 bits per heavy atom. The Bertz CT molecular complexity index is 623. The van der Waals surface area contributed by atoms with E-state index in [4.69, 9.17) is 10.4 Å². The molecule has 24 heavy (non-hydrogen) atoms. The number of aliphatic hydroxyl groups excluding tert-OH is 1. The van der Waals surface area contributed by atoms with E-state index in [0.717, 1.165) is 12.1 Å². The van der Waals surface area contributed by atoms with Gasteiger partial charge in [0.2, 0.25) is 0 Å². The summed E-state index contributed by atoms with van der Waals surface area (Å²) >= 11 is 0. The molecule has 0 radical (unpaired) electrons. The monoisotopic (exact) mass is 344 g/mol. The van der Waals surface area contributed by atoms with Gasteiger partial charge in [-0.25, -0.2) is 4.79 Å². The van der Waals surface area contributed by atoms with Crippen LogP contribution in [0.5, 0.6) is 0 Å². The Morgan fingerprint density at radius 3 is 2.29 bits per heavy atom. The maximum Gasteiger partial charge on any atom is 0.416 e. The van der Waals surface area contributed by atoms with E-state index in [1.54, 1.807) is 0 Å². The molecule has 1 aromatic rings. The van der Waals surface area contributed by atoms with Crippen LogP contribution in [0.25, 0.3) is 0 Å². The van der Waals surface area contributed by atoms with Crippen LogP contribution < -0.4 is 5.32 Å². The molecule has 130 valence electrons. The van der Waals surface area contributed by atoms with Gasteiger partial charge < -0.3 is 15.5 Å². The first-order valence-electron chi connectivity index (χ1n) is 6.92. The molecule has 2 atom stereocenters. The molecule has 1 aromatic carbocycles. The van der Waals surface area contributed by atoms with Gasteiger partial charge in [0.05, 0.1) is 11.6 Å². The SMILES string of the molecule is N#CCCC[C@@H](NC(=O)[C@H](O)c1ccc(C(F)(F)F)cc1)C(=O)O. The number of benzene rings is 1. The van der Waals surface area contributed by atoms with E-state index in [0.29, 0.717) is 12.1 Å². The summed E-state index contributed by atoms with van der Waals surface area (Å²) in [6.45, 7) is 0. The average molecular weight is 344 g/mol. The van der Waals surface area contributed by atoms with Crippen molar-refractivity contribution in [2.75, 3.05) is 0 Å². The van der Waals surface area contributed by atoms with Crippen LogP contribution in [0, 0.1) is 11.3 Å². The second kappa shape index (κ2) is 8.31. The van der Waals surface area contributed by atoms with E-state index in [9.17, 15) is 27.9 Å². The van der Waals surface area contributed by atoms with Crippen LogP contribution in [-0.2, 0) is 15.8 Å². The van der Waals surface area contributed by atoms with Crippen LogP contribution in [0.15, 0.2) is 24.3 Å². The number of hydrogen-bond acceptors (Lipinski definition) is 4. The van der Waals surface area contributed by atoms with Crippen molar-refractivity contribution < 1.29 is 33.0 Å². The predicted octanol–water partition coefficient (Wildman–Crippen LogP) is 2.00. The van der Waals surface area contributed by atoms with Gasteiger partial charge in [0, 0.05) is 6.42 Å². The van der Waals surface area contributed by atoms with Crippen LogP contribution >= 0.6 is 0 Å². The summed E-state index contributed by atoms with van der Waals surface area (Å²) in [6, 6.07) is 3.86. The van der Waals surface area contributed by atoms with Crippen LogP contribution in [-0.4, -0.2) is 28.1 Å². The summed E-state index contributed by atoms with van der Waals surface area (Å²) in [5.74, 6) is -2.37. The average Bonchev–Trinajstić information content (AvgIpc) is 2.52. The first-order valence-corrected chi connectivity index (χ1v) is 6.92. The number of unbranched alkanes of at least 4 members (excludes halogenated alkanes) is 1. The summed E-state index contributed by atoms with van der Waals surface area (Å²) in [6.07, 6.45) is -5.99. The molecule has 0 fully saturated rings. The Kier molecular flexibility index (Phi) is 6.73. The highest BCUT2D eigenvalue weighted by atomic mass is 19.4. The van der Waals surface area contributed by atoms with E-state index in [2.05, 4.69) is 5.32 Å². The first kappa shape index (κ1) is 19.4. The third-order valence-corrected chi connectivity index (χ3v) is 3.20. The number of amides is 1. The fourth-order valence-corrected chi connectivity index (χ4v) is 1.90. The summed E-state index contributed by atoms with van der Waals surface area (Å²) < 4.78 is 37.4. The topological polar surface area (TPSA) is 110 Å². The fraction of sp³-hybridized carbons (Fsp3) is 0.400. The number of nitrogens with zero attached hydrogens (tertiary/aromatic N) is 1. The fourth-order valence-electron chi connectivity index (χ4n) is 1.90. The molecular weight excluding hydrogens is 329 g/mol. The molecule has 3 N–H and O–H groups in total. The van der Waals surface area contributed by atoms with Crippen molar-refractivity contribution in [2.24, 2.45) is 0 Å². The molecule has 1 rings (SSSR count). The normalized spacial score (nSPS) is 13.6. The number of alkyl halides is 3. The minimum atomic E-state index is -4.54. The van der Waals surface area contributed by atoms with Gasteiger partial charge in [-0.15, -0.1) is 0 Å².